The van der Waals surface area contributed by atoms with Gasteiger partial charge in [0.2, 0.25) is 0 Å². The highest BCUT2D eigenvalue weighted by Gasteiger charge is 2.25. The van der Waals surface area contributed by atoms with Gasteiger partial charge in [-0.2, -0.15) is 0 Å². The molecule has 5 heteroatoms. The molecule has 29 heavy (non-hydrogen) atoms. The first-order chi connectivity index (χ1) is 14.0. The molecule has 0 radical (unpaired) electrons. The van der Waals surface area contributed by atoms with Crippen molar-refractivity contribution in [2.24, 2.45) is 0 Å². The van der Waals surface area contributed by atoms with Crippen molar-refractivity contribution in [1.29, 1.82) is 0 Å². The van der Waals surface area contributed by atoms with E-state index in [-0.39, 0.29) is 5.91 Å². The third-order valence-corrected chi connectivity index (χ3v) is 5.72. The molecule has 0 aliphatic heterocycles. The van der Waals surface area contributed by atoms with Gasteiger partial charge in [-0.3, -0.25) is 4.79 Å². The van der Waals surface area contributed by atoms with Gasteiger partial charge in [-0.15, -0.1) is 0 Å². The lowest BCUT2D eigenvalue weighted by molar-refractivity contribution is 0.0686. The number of nitrogens with zero attached hydrogens (tertiary/aromatic N) is 1. The summed E-state index contributed by atoms with van der Waals surface area (Å²) in [5.74, 6) is 0.866. The first-order valence-electron chi connectivity index (χ1n) is 9.50. The molecule has 0 aliphatic carbocycles. The number of rotatable bonds is 5. The van der Waals surface area contributed by atoms with E-state index in [1.807, 2.05) is 63.2 Å². The molecule has 0 N–H and O–H groups in total. The Morgan fingerprint density at radius 1 is 0.966 bits per heavy atom. The van der Waals surface area contributed by atoms with Crippen molar-refractivity contribution < 1.29 is 13.6 Å². The lowest BCUT2D eigenvalue weighted by Gasteiger charge is -2.21. The van der Waals surface area contributed by atoms with Gasteiger partial charge >= 0.3 is 0 Å². The van der Waals surface area contributed by atoms with E-state index in [0.717, 1.165) is 33.2 Å². The van der Waals surface area contributed by atoms with Gasteiger partial charge in [-0.1, -0.05) is 41.9 Å². The summed E-state index contributed by atoms with van der Waals surface area (Å²) in [5, 5.41) is 1.59. The summed E-state index contributed by atoms with van der Waals surface area (Å²) in [4.78, 5) is 15.2. The number of amides is 1. The Labute approximate surface area is 174 Å². The zero-order chi connectivity index (χ0) is 20.5. The molecule has 0 bridgehead atoms. The molecule has 0 saturated heterocycles. The van der Waals surface area contributed by atoms with E-state index < -0.39 is 0 Å². The number of furan rings is 2. The molecule has 0 aliphatic rings. The maximum absolute atomic E-state index is 13.5. The molecule has 0 fully saturated rings. The van der Waals surface area contributed by atoms with Gasteiger partial charge in [0.25, 0.3) is 5.91 Å². The van der Waals surface area contributed by atoms with Gasteiger partial charge in [-0.05, 0) is 55.7 Å². The monoisotopic (exact) mass is 407 g/mol. The molecule has 2 heterocycles. The van der Waals surface area contributed by atoms with Crippen LogP contribution in [0, 0.1) is 20.8 Å². The Morgan fingerprint density at radius 2 is 1.76 bits per heavy atom. The molecule has 1 amide bonds. The molecule has 0 spiro atoms. The smallest absolute Gasteiger partial charge is 0.290 e. The summed E-state index contributed by atoms with van der Waals surface area (Å²) < 4.78 is 11.6. The highest BCUT2D eigenvalue weighted by molar-refractivity contribution is 6.31. The molecule has 0 unspecified atom stereocenters. The molecule has 0 saturated carbocycles. The minimum atomic E-state index is -0.188. The van der Waals surface area contributed by atoms with Crippen molar-refractivity contribution in [2.45, 2.75) is 33.9 Å². The highest BCUT2D eigenvalue weighted by Crippen LogP contribution is 2.31. The van der Waals surface area contributed by atoms with E-state index in [1.165, 1.54) is 0 Å². The summed E-state index contributed by atoms with van der Waals surface area (Å²) in [6.07, 6.45) is 1.60. The number of aryl methyl sites for hydroxylation is 3. The normalized spacial score (nSPS) is 11.2. The van der Waals surface area contributed by atoms with Crippen molar-refractivity contribution in [2.75, 3.05) is 0 Å². The van der Waals surface area contributed by atoms with E-state index in [4.69, 9.17) is 20.4 Å². The fourth-order valence-electron chi connectivity index (χ4n) is 3.49. The topological polar surface area (TPSA) is 46.6 Å². The number of hydrogen-bond acceptors (Lipinski definition) is 3. The second-order valence-electron chi connectivity index (χ2n) is 7.27. The number of carbonyl (C=O) groups is 1. The van der Waals surface area contributed by atoms with E-state index in [0.29, 0.717) is 29.6 Å². The zero-order valence-corrected chi connectivity index (χ0v) is 17.4. The Kier molecular flexibility index (Phi) is 5.20. The fraction of sp³-hybridized carbons (Fsp3) is 0.208. The van der Waals surface area contributed by atoms with Gasteiger partial charge in [0.15, 0.2) is 5.76 Å². The van der Waals surface area contributed by atoms with Gasteiger partial charge in [0, 0.05) is 22.5 Å². The van der Waals surface area contributed by atoms with Crippen molar-refractivity contribution >= 4 is 28.5 Å². The summed E-state index contributed by atoms with van der Waals surface area (Å²) in [6.45, 7) is 6.65. The molecule has 0 atom stereocenters. The Hall–Kier alpha value is -2.98. The molecule has 4 rings (SSSR count). The molecule has 4 aromatic rings. The Balaban J connectivity index is 1.75. The molecular weight excluding hydrogens is 386 g/mol. The molecule has 148 valence electrons. The predicted molar refractivity (Wildman–Crippen MR) is 114 cm³/mol. The average molecular weight is 408 g/mol. The van der Waals surface area contributed by atoms with Crippen LogP contribution in [0.5, 0.6) is 0 Å². The van der Waals surface area contributed by atoms with Gasteiger partial charge in [0.05, 0.1) is 12.8 Å². The predicted octanol–water partition coefficient (Wildman–Crippen LogP) is 6.45. The quantitative estimate of drug-likeness (QED) is 0.382. The van der Waals surface area contributed by atoms with Crippen LogP contribution in [0.25, 0.3) is 11.0 Å². The van der Waals surface area contributed by atoms with Crippen molar-refractivity contribution in [3.63, 3.8) is 0 Å². The van der Waals surface area contributed by atoms with Crippen molar-refractivity contribution in [1.82, 2.24) is 4.90 Å². The maximum Gasteiger partial charge on any atom is 0.290 e. The minimum Gasteiger partial charge on any atom is -0.467 e. The SMILES string of the molecule is Cc1ccc2c(C)c(C(=O)N(Cc3ccco3)Cc3ccccc3Cl)oc2c1C. The number of halogens is 1. The van der Waals surface area contributed by atoms with Crippen LogP contribution < -0.4 is 0 Å². The van der Waals surface area contributed by atoms with Crippen LogP contribution in [-0.4, -0.2) is 10.8 Å². The summed E-state index contributed by atoms with van der Waals surface area (Å²) in [7, 11) is 0. The number of carbonyl (C=O) groups excluding carboxylic acids is 1. The van der Waals surface area contributed by atoms with Crippen LogP contribution in [0.2, 0.25) is 5.02 Å². The summed E-state index contributed by atoms with van der Waals surface area (Å²) >= 11 is 6.35. The average Bonchev–Trinajstić information content (AvgIpc) is 3.34. The number of benzene rings is 2. The minimum absolute atomic E-state index is 0.188. The van der Waals surface area contributed by atoms with E-state index >= 15 is 0 Å². The van der Waals surface area contributed by atoms with Gasteiger partial charge in [0.1, 0.15) is 11.3 Å². The number of fused-ring (bicyclic) bond motifs is 1. The van der Waals surface area contributed by atoms with E-state index in [2.05, 4.69) is 6.07 Å². The molecule has 4 nitrogen and oxygen atoms in total. The van der Waals surface area contributed by atoms with Crippen LogP contribution in [0.1, 0.15) is 38.6 Å². The molecular formula is C24H22ClNO3. The van der Waals surface area contributed by atoms with Crippen molar-refractivity contribution in [3.05, 3.63) is 93.6 Å². The van der Waals surface area contributed by atoms with Crippen LogP contribution in [-0.2, 0) is 13.1 Å². The Bertz CT molecular complexity index is 1170. The second kappa shape index (κ2) is 7.80. The Morgan fingerprint density at radius 3 is 2.48 bits per heavy atom. The van der Waals surface area contributed by atoms with Gasteiger partial charge in [-0.25, -0.2) is 0 Å². The highest BCUT2D eigenvalue weighted by atomic mass is 35.5. The first kappa shape index (κ1) is 19.3. The second-order valence-corrected chi connectivity index (χ2v) is 7.68. The van der Waals surface area contributed by atoms with Crippen LogP contribution in [0.3, 0.4) is 0 Å². The summed E-state index contributed by atoms with van der Waals surface area (Å²) in [5.41, 5.74) is 4.66. The summed E-state index contributed by atoms with van der Waals surface area (Å²) in [6, 6.07) is 15.3. The maximum atomic E-state index is 13.5. The van der Waals surface area contributed by atoms with E-state index in [9.17, 15) is 4.79 Å². The lowest BCUT2D eigenvalue weighted by atomic mass is 10.0. The zero-order valence-electron chi connectivity index (χ0n) is 16.7. The molecule has 2 aromatic carbocycles. The van der Waals surface area contributed by atoms with Gasteiger partial charge < -0.3 is 13.7 Å². The van der Waals surface area contributed by atoms with Crippen LogP contribution in [0.15, 0.2) is 63.6 Å². The molecule has 2 aromatic heterocycles. The van der Waals surface area contributed by atoms with E-state index in [1.54, 1.807) is 11.2 Å². The number of hydrogen-bond donors (Lipinski definition) is 0. The largest absolute Gasteiger partial charge is 0.467 e. The van der Waals surface area contributed by atoms with Crippen molar-refractivity contribution in [3.8, 4) is 0 Å². The fourth-order valence-corrected chi connectivity index (χ4v) is 3.68. The standard InChI is InChI=1S/C24H22ClNO3/c1-15-10-11-20-17(3)23(29-22(20)16(15)2)24(27)26(14-19-8-6-12-28-19)13-18-7-4-5-9-21(18)25/h4-12H,13-14H2,1-3H3. The lowest BCUT2D eigenvalue weighted by Crippen LogP contribution is -2.30. The third kappa shape index (κ3) is 3.68. The third-order valence-electron chi connectivity index (χ3n) is 5.35. The van der Waals surface area contributed by atoms with Crippen LogP contribution in [0.4, 0.5) is 0 Å². The first-order valence-corrected chi connectivity index (χ1v) is 9.88. The van der Waals surface area contributed by atoms with Crippen LogP contribution >= 0.6 is 11.6 Å².